The molecule has 0 aliphatic heterocycles. The van der Waals surface area contributed by atoms with Crippen molar-refractivity contribution in [1.29, 1.82) is 0 Å². The molecule has 0 saturated heterocycles. The van der Waals surface area contributed by atoms with E-state index in [9.17, 15) is 9.59 Å². The van der Waals surface area contributed by atoms with Gasteiger partial charge in [0.25, 0.3) is 5.91 Å². The number of hydrogen-bond donors (Lipinski definition) is 1. The van der Waals surface area contributed by atoms with Gasteiger partial charge in [-0.1, -0.05) is 42.5 Å². The number of rotatable bonds is 8. The minimum absolute atomic E-state index is 0. The van der Waals surface area contributed by atoms with Gasteiger partial charge in [0.05, 0.1) is 12.3 Å². The van der Waals surface area contributed by atoms with E-state index in [1.165, 1.54) is 11.2 Å². The summed E-state index contributed by atoms with van der Waals surface area (Å²) in [4.78, 5) is 34.6. The lowest BCUT2D eigenvalue weighted by molar-refractivity contribution is -0.122. The fraction of sp³-hybridized carbons (Fsp3) is 0.167. The molecule has 188 valence electrons. The monoisotopic (exact) mass is 511 g/mol. The van der Waals surface area contributed by atoms with Crippen LogP contribution in [-0.4, -0.2) is 22.8 Å². The standard InChI is InChI=1S/C30H27N3O3S.H2/c1-21(22-8-3-2-4-9-22)32-29(34)28(24-10-5-17-31-20-24)33(30(35)26-11-6-18-36-26)25-15-13-23(14-16-25)27-12-7-19-37-27;/h3,5-21,28H,2,4H2,1H3,(H,32,34);1H/t21-,28?;/m0./s1. The van der Waals surface area contributed by atoms with Gasteiger partial charge < -0.3 is 9.73 Å². The van der Waals surface area contributed by atoms with Gasteiger partial charge in [0.1, 0.15) is 6.04 Å². The first kappa shape index (κ1) is 24.5. The van der Waals surface area contributed by atoms with Gasteiger partial charge in [-0.15, -0.1) is 11.3 Å². The predicted molar refractivity (Wildman–Crippen MR) is 148 cm³/mol. The fourth-order valence-corrected chi connectivity index (χ4v) is 5.15. The van der Waals surface area contributed by atoms with Crippen LogP contribution in [0.5, 0.6) is 0 Å². The van der Waals surface area contributed by atoms with E-state index in [-0.39, 0.29) is 19.1 Å². The fourth-order valence-electron chi connectivity index (χ4n) is 4.42. The molecule has 1 aliphatic rings. The van der Waals surface area contributed by atoms with E-state index in [2.05, 4.69) is 22.5 Å². The highest BCUT2D eigenvalue weighted by molar-refractivity contribution is 7.13. The third kappa shape index (κ3) is 5.47. The SMILES string of the molecule is C[C@H](NC(=O)C(c1cccnc1)N(C(=O)c1ccco1)c1ccc(-c2cccs2)cc1)C1=CCCC=C1.[HH]. The van der Waals surface area contributed by atoms with Crippen LogP contribution in [0.3, 0.4) is 0 Å². The van der Waals surface area contributed by atoms with Crippen LogP contribution in [0, 0.1) is 0 Å². The molecule has 1 N–H and O–H groups in total. The summed E-state index contributed by atoms with van der Waals surface area (Å²) in [6, 6.07) is 17.4. The molecule has 0 bridgehead atoms. The molecule has 6 nitrogen and oxygen atoms in total. The maximum atomic E-state index is 13.9. The minimum Gasteiger partial charge on any atom is -0.459 e. The largest absolute Gasteiger partial charge is 0.459 e. The van der Waals surface area contributed by atoms with Gasteiger partial charge in [-0.05, 0) is 72.7 Å². The van der Waals surface area contributed by atoms with Crippen molar-refractivity contribution in [1.82, 2.24) is 10.3 Å². The molecule has 7 heteroatoms. The lowest BCUT2D eigenvalue weighted by atomic mass is 9.99. The zero-order valence-corrected chi connectivity index (χ0v) is 21.2. The number of nitrogens with one attached hydrogen (secondary N) is 1. The highest BCUT2D eigenvalue weighted by Gasteiger charge is 2.35. The molecular formula is C30H29N3O3S. The number of carbonyl (C=O) groups is 2. The number of furan rings is 1. The molecule has 37 heavy (non-hydrogen) atoms. The first-order valence-electron chi connectivity index (χ1n) is 12.2. The smallest absolute Gasteiger partial charge is 0.294 e. The Morgan fingerprint density at radius 1 is 1.08 bits per heavy atom. The first-order chi connectivity index (χ1) is 18.1. The third-order valence-corrected chi connectivity index (χ3v) is 7.21. The second-order valence-corrected chi connectivity index (χ2v) is 9.73. The summed E-state index contributed by atoms with van der Waals surface area (Å²) in [7, 11) is 0. The molecule has 0 fully saturated rings. The summed E-state index contributed by atoms with van der Waals surface area (Å²) in [6.07, 6.45) is 13.0. The number of allylic oxidation sites excluding steroid dienone is 2. The van der Waals surface area contributed by atoms with Gasteiger partial charge in [-0.2, -0.15) is 0 Å². The van der Waals surface area contributed by atoms with Crippen LogP contribution in [0.4, 0.5) is 5.69 Å². The van der Waals surface area contributed by atoms with E-state index in [0.717, 1.165) is 28.9 Å². The van der Waals surface area contributed by atoms with Crippen molar-refractivity contribution in [2.24, 2.45) is 0 Å². The van der Waals surface area contributed by atoms with Crippen LogP contribution >= 0.6 is 11.3 Å². The van der Waals surface area contributed by atoms with E-state index >= 15 is 0 Å². The number of nitrogens with zero attached hydrogens (tertiary/aromatic N) is 2. The Morgan fingerprint density at radius 2 is 1.95 bits per heavy atom. The quantitative estimate of drug-likeness (QED) is 0.282. The molecule has 0 radical (unpaired) electrons. The summed E-state index contributed by atoms with van der Waals surface area (Å²) in [5, 5.41) is 5.15. The van der Waals surface area contributed by atoms with E-state index in [1.807, 2.05) is 60.8 Å². The van der Waals surface area contributed by atoms with Crippen molar-refractivity contribution >= 4 is 28.8 Å². The maximum absolute atomic E-state index is 13.9. The first-order valence-corrected chi connectivity index (χ1v) is 13.1. The molecule has 3 aromatic heterocycles. The molecule has 5 rings (SSSR count). The molecule has 4 aromatic rings. The number of anilines is 1. The number of hydrogen-bond acceptors (Lipinski definition) is 5. The second-order valence-electron chi connectivity index (χ2n) is 8.78. The van der Waals surface area contributed by atoms with Crippen molar-refractivity contribution in [3.63, 3.8) is 0 Å². The van der Waals surface area contributed by atoms with Crippen molar-refractivity contribution in [2.45, 2.75) is 31.8 Å². The van der Waals surface area contributed by atoms with Gasteiger partial charge >= 0.3 is 0 Å². The van der Waals surface area contributed by atoms with Gasteiger partial charge in [0.15, 0.2) is 5.76 Å². The van der Waals surface area contributed by atoms with Gasteiger partial charge in [-0.3, -0.25) is 19.5 Å². The summed E-state index contributed by atoms with van der Waals surface area (Å²) in [6.45, 7) is 1.95. The average molecular weight is 512 g/mol. The molecular weight excluding hydrogens is 482 g/mol. The van der Waals surface area contributed by atoms with Crippen LogP contribution in [0.15, 0.2) is 113 Å². The predicted octanol–water partition coefficient (Wildman–Crippen LogP) is 6.82. The van der Waals surface area contributed by atoms with Gasteiger partial charge in [0, 0.05) is 29.9 Å². The Hall–Kier alpha value is -4.23. The Kier molecular flexibility index (Phi) is 7.42. The molecule has 2 atom stereocenters. The molecule has 1 unspecified atom stereocenters. The number of aromatic nitrogens is 1. The lowest BCUT2D eigenvalue weighted by Gasteiger charge is -2.32. The molecule has 2 amide bonds. The molecule has 0 spiro atoms. The normalized spacial score (nSPS) is 14.5. The summed E-state index contributed by atoms with van der Waals surface area (Å²) < 4.78 is 5.47. The molecule has 1 aromatic carbocycles. The van der Waals surface area contributed by atoms with E-state index in [0.29, 0.717) is 11.3 Å². The Bertz CT molecular complexity index is 1400. The number of benzene rings is 1. The van der Waals surface area contributed by atoms with Crippen LogP contribution in [0.1, 0.15) is 43.4 Å². The van der Waals surface area contributed by atoms with Crippen LogP contribution in [-0.2, 0) is 4.79 Å². The Balaban J connectivity index is 0.00000336. The number of pyridine rings is 1. The lowest BCUT2D eigenvalue weighted by Crippen LogP contribution is -2.46. The van der Waals surface area contributed by atoms with Crippen molar-refractivity contribution < 1.29 is 15.4 Å². The van der Waals surface area contributed by atoms with E-state index < -0.39 is 11.9 Å². The number of carbonyl (C=O) groups excluding carboxylic acids is 2. The zero-order chi connectivity index (χ0) is 25.6. The van der Waals surface area contributed by atoms with Gasteiger partial charge in [0.2, 0.25) is 5.91 Å². The van der Waals surface area contributed by atoms with Crippen molar-refractivity contribution in [3.05, 3.63) is 120 Å². The Labute approximate surface area is 221 Å². The molecule has 1 aliphatic carbocycles. The topological polar surface area (TPSA) is 75.4 Å². The van der Waals surface area contributed by atoms with E-state index in [1.54, 1.807) is 41.9 Å². The van der Waals surface area contributed by atoms with Gasteiger partial charge in [-0.25, -0.2) is 0 Å². The average Bonchev–Trinajstić information content (AvgIpc) is 3.68. The van der Waals surface area contributed by atoms with Crippen LogP contribution in [0.2, 0.25) is 0 Å². The Morgan fingerprint density at radius 3 is 2.59 bits per heavy atom. The summed E-state index contributed by atoms with van der Waals surface area (Å²) in [5.74, 6) is -0.570. The molecule has 0 saturated carbocycles. The third-order valence-electron chi connectivity index (χ3n) is 6.29. The number of thiophene rings is 1. The van der Waals surface area contributed by atoms with Crippen molar-refractivity contribution in [3.8, 4) is 10.4 Å². The van der Waals surface area contributed by atoms with Crippen LogP contribution in [0.25, 0.3) is 10.4 Å². The minimum atomic E-state index is -0.963. The summed E-state index contributed by atoms with van der Waals surface area (Å²) in [5.41, 5.74) is 3.27. The highest BCUT2D eigenvalue weighted by Crippen LogP contribution is 2.33. The maximum Gasteiger partial charge on any atom is 0.294 e. The number of amides is 2. The summed E-state index contributed by atoms with van der Waals surface area (Å²) >= 11 is 1.64. The van der Waals surface area contributed by atoms with Crippen LogP contribution < -0.4 is 10.2 Å². The second kappa shape index (κ2) is 11.2. The molecule has 3 heterocycles. The van der Waals surface area contributed by atoms with Crippen molar-refractivity contribution in [2.75, 3.05) is 4.90 Å². The highest BCUT2D eigenvalue weighted by atomic mass is 32.1. The van der Waals surface area contributed by atoms with E-state index in [4.69, 9.17) is 4.42 Å². The zero-order valence-electron chi connectivity index (χ0n) is 20.4.